The largest absolute Gasteiger partial charge is 0.350 e. The minimum atomic E-state index is -0.490. The lowest BCUT2D eigenvalue weighted by molar-refractivity contribution is 0.0947. The number of nitrogens with one attached hydrogen (secondary N) is 2. The highest BCUT2D eigenvalue weighted by molar-refractivity contribution is 7.14. The summed E-state index contributed by atoms with van der Waals surface area (Å²) in [7, 11) is 0. The second-order valence-corrected chi connectivity index (χ2v) is 7.26. The van der Waals surface area contributed by atoms with Crippen molar-refractivity contribution in [1.82, 2.24) is 5.32 Å². The summed E-state index contributed by atoms with van der Waals surface area (Å²) in [5.74, 6) is -0.472. The molecule has 0 bridgehead atoms. The van der Waals surface area contributed by atoms with Gasteiger partial charge in [0.05, 0.1) is 5.56 Å². The second-order valence-electron chi connectivity index (χ2n) is 6.34. The maximum Gasteiger partial charge on any atom is 0.256 e. The van der Waals surface area contributed by atoms with Crippen molar-refractivity contribution in [3.8, 4) is 0 Å². The van der Waals surface area contributed by atoms with Gasteiger partial charge in [0, 0.05) is 17.6 Å². The van der Waals surface area contributed by atoms with Crippen LogP contribution in [0.1, 0.15) is 47.1 Å². The highest BCUT2D eigenvalue weighted by Gasteiger charge is 2.18. The van der Waals surface area contributed by atoms with Crippen molar-refractivity contribution in [1.29, 1.82) is 0 Å². The van der Waals surface area contributed by atoms with E-state index in [9.17, 15) is 9.59 Å². The fourth-order valence-corrected chi connectivity index (χ4v) is 2.83. The van der Waals surface area contributed by atoms with Crippen LogP contribution < -0.4 is 16.4 Å². The van der Waals surface area contributed by atoms with Gasteiger partial charge in [-0.25, -0.2) is 0 Å². The summed E-state index contributed by atoms with van der Waals surface area (Å²) in [5, 5.41) is 7.91. The minimum absolute atomic E-state index is 0.228. The van der Waals surface area contributed by atoms with Crippen molar-refractivity contribution in [2.24, 2.45) is 5.73 Å². The number of amides is 2. The molecule has 6 heteroatoms. The molecule has 24 heavy (non-hydrogen) atoms. The highest BCUT2D eigenvalue weighted by Crippen LogP contribution is 2.24. The van der Waals surface area contributed by atoms with E-state index in [1.165, 1.54) is 16.9 Å². The Morgan fingerprint density at radius 3 is 2.38 bits per heavy atom. The third kappa shape index (κ3) is 4.91. The third-order valence-corrected chi connectivity index (χ3v) is 4.30. The SMILES string of the molecule is CCc1ccc(C(=O)Nc2sccc2C(=O)NCC(C)(C)N)cc1. The minimum Gasteiger partial charge on any atom is -0.350 e. The molecule has 2 amide bonds. The first-order valence-electron chi connectivity index (χ1n) is 7.85. The van der Waals surface area contributed by atoms with Crippen molar-refractivity contribution >= 4 is 28.2 Å². The monoisotopic (exact) mass is 345 g/mol. The summed E-state index contributed by atoms with van der Waals surface area (Å²) in [6.45, 7) is 6.09. The molecule has 0 fully saturated rings. The Bertz CT molecular complexity index is 715. The molecule has 1 aromatic carbocycles. The van der Waals surface area contributed by atoms with E-state index in [-0.39, 0.29) is 11.8 Å². The van der Waals surface area contributed by atoms with E-state index < -0.39 is 5.54 Å². The van der Waals surface area contributed by atoms with Gasteiger partial charge >= 0.3 is 0 Å². The van der Waals surface area contributed by atoms with Crippen molar-refractivity contribution in [2.45, 2.75) is 32.7 Å². The van der Waals surface area contributed by atoms with E-state index in [1.807, 2.05) is 26.0 Å². The zero-order chi connectivity index (χ0) is 17.7. The molecule has 2 rings (SSSR count). The van der Waals surface area contributed by atoms with Gasteiger partial charge in [-0.2, -0.15) is 0 Å². The van der Waals surface area contributed by atoms with Gasteiger partial charge in [0.25, 0.3) is 11.8 Å². The molecular weight excluding hydrogens is 322 g/mol. The van der Waals surface area contributed by atoms with Crippen molar-refractivity contribution < 1.29 is 9.59 Å². The molecule has 0 saturated heterocycles. The normalized spacial score (nSPS) is 11.2. The zero-order valence-electron chi connectivity index (χ0n) is 14.2. The molecule has 0 aliphatic carbocycles. The standard InChI is InChI=1S/C18H23N3O2S/c1-4-12-5-7-13(8-6-12)15(22)21-17-14(9-10-24-17)16(23)20-11-18(2,3)19/h5-10H,4,11,19H2,1-3H3,(H,20,23)(H,21,22). The molecular formula is C18H23N3O2S. The van der Waals surface area contributed by atoms with E-state index in [2.05, 4.69) is 17.6 Å². The maximum absolute atomic E-state index is 12.3. The zero-order valence-corrected chi connectivity index (χ0v) is 15.0. The van der Waals surface area contributed by atoms with Crippen LogP contribution in [0.25, 0.3) is 0 Å². The maximum atomic E-state index is 12.3. The lowest BCUT2D eigenvalue weighted by Crippen LogP contribution is -2.45. The number of carbonyl (C=O) groups is 2. The lowest BCUT2D eigenvalue weighted by Gasteiger charge is -2.19. The Morgan fingerprint density at radius 1 is 1.12 bits per heavy atom. The number of carbonyl (C=O) groups excluding carboxylic acids is 2. The van der Waals surface area contributed by atoms with Gasteiger partial charge in [-0.1, -0.05) is 19.1 Å². The first-order valence-corrected chi connectivity index (χ1v) is 8.73. The predicted molar refractivity (Wildman–Crippen MR) is 98.7 cm³/mol. The number of thiophene rings is 1. The van der Waals surface area contributed by atoms with Gasteiger partial charge in [-0.15, -0.1) is 11.3 Å². The molecule has 0 atom stereocenters. The first kappa shape index (κ1) is 18.2. The van der Waals surface area contributed by atoms with Crippen LogP contribution in [0, 0.1) is 0 Å². The van der Waals surface area contributed by atoms with E-state index in [0.29, 0.717) is 22.7 Å². The van der Waals surface area contributed by atoms with Crippen molar-refractivity contribution in [2.75, 3.05) is 11.9 Å². The fourth-order valence-electron chi connectivity index (χ4n) is 2.06. The number of aryl methyl sites for hydroxylation is 1. The number of hydrogen-bond acceptors (Lipinski definition) is 4. The molecule has 0 saturated carbocycles. The van der Waals surface area contributed by atoms with E-state index in [1.54, 1.807) is 23.6 Å². The average molecular weight is 345 g/mol. The van der Waals surface area contributed by atoms with Crippen LogP contribution in [0.2, 0.25) is 0 Å². The van der Waals surface area contributed by atoms with Gasteiger partial charge in [0.15, 0.2) is 0 Å². The number of rotatable bonds is 6. The summed E-state index contributed by atoms with van der Waals surface area (Å²) in [6.07, 6.45) is 0.925. The Balaban J connectivity index is 2.06. The number of hydrogen-bond donors (Lipinski definition) is 3. The van der Waals surface area contributed by atoms with Crippen LogP contribution in [0.15, 0.2) is 35.7 Å². The molecule has 0 aliphatic heterocycles. The third-order valence-electron chi connectivity index (χ3n) is 3.47. The number of nitrogens with two attached hydrogens (primary N) is 1. The molecule has 1 aromatic heterocycles. The van der Waals surface area contributed by atoms with E-state index >= 15 is 0 Å². The van der Waals surface area contributed by atoms with Gasteiger partial charge < -0.3 is 16.4 Å². The second kappa shape index (κ2) is 7.59. The topological polar surface area (TPSA) is 84.2 Å². The summed E-state index contributed by atoms with van der Waals surface area (Å²) >= 11 is 1.32. The average Bonchev–Trinajstić information content (AvgIpc) is 3.00. The number of anilines is 1. The predicted octanol–water partition coefficient (Wildman–Crippen LogP) is 3.03. The summed E-state index contributed by atoms with van der Waals surface area (Å²) in [6, 6.07) is 9.14. The molecule has 0 unspecified atom stereocenters. The van der Waals surface area contributed by atoms with Crippen LogP contribution in [0.3, 0.4) is 0 Å². The molecule has 4 N–H and O–H groups in total. The first-order chi connectivity index (χ1) is 11.3. The van der Waals surface area contributed by atoms with Gasteiger partial charge in [0.1, 0.15) is 5.00 Å². The molecule has 0 radical (unpaired) electrons. The highest BCUT2D eigenvalue weighted by atomic mass is 32.1. The lowest BCUT2D eigenvalue weighted by atomic mass is 10.1. The van der Waals surface area contributed by atoms with Crippen LogP contribution in [-0.2, 0) is 6.42 Å². The van der Waals surface area contributed by atoms with Crippen molar-refractivity contribution in [3.05, 3.63) is 52.4 Å². The van der Waals surface area contributed by atoms with Gasteiger partial charge in [-0.3, -0.25) is 9.59 Å². The van der Waals surface area contributed by atoms with Gasteiger partial charge in [-0.05, 0) is 49.4 Å². The fraction of sp³-hybridized carbons (Fsp3) is 0.333. The molecule has 0 aliphatic rings. The van der Waals surface area contributed by atoms with Crippen LogP contribution in [0.5, 0.6) is 0 Å². The van der Waals surface area contributed by atoms with Crippen LogP contribution >= 0.6 is 11.3 Å². The Morgan fingerprint density at radius 2 is 1.79 bits per heavy atom. The molecule has 2 aromatic rings. The van der Waals surface area contributed by atoms with Crippen LogP contribution in [0.4, 0.5) is 5.00 Å². The Labute approximate surface area is 146 Å². The summed E-state index contributed by atoms with van der Waals surface area (Å²) < 4.78 is 0. The summed E-state index contributed by atoms with van der Waals surface area (Å²) in [4.78, 5) is 24.6. The Hall–Kier alpha value is -2.18. The Kier molecular flexibility index (Phi) is 5.75. The molecule has 128 valence electrons. The van der Waals surface area contributed by atoms with E-state index in [4.69, 9.17) is 5.73 Å². The van der Waals surface area contributed by atoms with Gasteiger partial charge in [0.2, 0.25) is 0 Å². The number of benzene rings is 1. The summed E-state index contributed by atoms with van der Waals surface area (Å²) in [5.41, 5.74) is 7.57. The van der Waals surface area contributed by atoms with Crippen LogP contribution in [-0.4, -0.2) is 23.9 Å². The van der Waals surface area contributed by atoms with Crippen molar-refractivity contribution in [3.63, 3.8) is 0 Å². The quantitative estimate of drug-likeness (QED) is 0.752. The molecule has 1 heterocycles. The smallest absolute Gasteiger partial charge is 0.256 e. The van der Waals surface area contributed by atoms with E-state index in [0.717, 1.165) is 6.42 Å². The molecule has 0 spiro atoms. The molecule has 5 nitrogen and oxygen atoms in total.